The maximum absolute atomic E-state index is 13.8. The van der Waals surface area contributed by atoms with E-state index in [1.54, 1.807) is 30.3 Å². The van der Waals surface area contributed by atoms with E-state index in [-0.39, 0.29) is 22.7 Å². The van der Waals surface area contributed by atoms with Crippen molar-refractivity contribution in [2.24, 2.45) is 0 Å². The number of hydrogen-bond donors (Lipinski definition) is 1. The van der Waals surface area contributed by atoms with Gasteiger partial charge in [-0.05, 0) is 42.5 Å². The second-order valence-corrected chi connectivity index (χ2v) is 8.13. The van der Waals surface area contributed by atoms with E-state index in [1.165, 1.54) is 30.3 Å². The highest BCUT2D eigenvalue weighted by Gasteiger charge is 2.25. The van der Waals surface area contributed by atoms with E-state index in [0.29, 0.717) is 5.69 Å². The van der Waals surface area contributed by atoms with Gasteiger partial charge in [-0.2, -0.15) is 0 Å². The van der Waals surface area contributed by atoms with E-state index in [1.807, 2.05) is 0 Å². The van der Waals surface area contributed by atoms with Crippen LogP contribution < -0.4 is 9.62 Å². The molecule has 0 saturated heterocycles. The molecule has 0 bridgehead atoms. The maximum Gasteiger partial charge on any atom is 0.264 e. The van der Waals surface area contributed by atoms with Crippen LogP contribution in [-0.2, 0) is 10.0 Å². The van der Waals surface area contributed by atoms with Gasteiger partial charge in [0.25, 0.3) is 15.9 Å². The third-order valence-corrected chi connectivity index (χ3v) is 5.99. The number of nitrogens with one attached hydrogen (secondary N) is 1. The van der Waals surface area contributed by atoms with Crippen molar-refractivity contribution < 1.29 is 22.0 Å². The zero-order valence-corrected chi connectivity index (χ0v) is 16.6. The summed E-state index contributed by atoms with van der Waals surface area (Å²) in [6.45, 7) is 3.63. The summed E-state index contributed by atoms with van der Waals surface area (Å²) in [5, 5.41) is 2.25. The van der Waals surface area contributed by atoms with E-state index in [4.69, 9.17) is 0 Å². The van der Waals surface area contributed by atoms with Crippen LogP contribution in [0, 0.1) is 11.6 Å². The van der Waals surface area contributed by atoms with Gasteiger partial charge in [-0.1, -0.05) is 30.3 Å². The molecule has 8 heteroatoms. The molecule has 5 nitrogen and oxygen atoms in total. The molecule has 0 radical (unpaired) electrons. The summed E-state index contributed by atoms with van der Waals surface area (Å²) >= 11 is 0. The Morgan fingerprint density at radius 1 is 1.00 bits per heavy atom. The van der Waals surface area contributed by atoms with Crippen molar-refractivity contribution in [3.8, 4) is 0 Å². The zero-order chi connectivity index (χ0) is 21.7. The summed E-state index contributed by atoms with van der Waals surface area (Å²) in [5.41, 5.74) is 0.0752. The van der Waals surface area contributed by atoms with Gasteiger partial charge in [-0.3, -0.25) is 9.10 Å². The smallest absolute Gasteiger partial charge is 0.264 e. The number of amides is 1. The number of sulfonamides is 1. The Bertz CT molecular complexity index is 1180. The predicted octanol–water partition coefficient (Wildman–Crippen LogP) is 4.60. The van der Waals surface area contributed by atoms with Gasteiger partial charge in [0.05, 0.1) is 22.8 Å². The van der Waals surface area contributed by atoms with E-state index >= 15 is 0 Å². The second kappa shape index (κ2) is 8.87. The van der Waals surface area contributed by atoms with Crippen molar-refractivity contribution in [2.45, 2.75) is 4.90 Å². The van der Waals surface area contributed by atoms with Crippen LogP contribution >= 0.6 is 0 Å². The van der Waals surface area contributed by atoms with Crippen molar-refractivity contribution in [2.75, 3.05) is 16.2 Å². The van der Waals surface area contributed by atoms with Crippen molar-refractivity contribution in [1.29, 1.82) is 0 Å². The van der Waals surface area contributed by atoms with Gasteiger partial charge in [0.15, 0.2) is 0 Å². The largest absolute Gasteiger partial charge is 0.319 e. The molecular weight excluding hydrogens is 410 g/mol. The van der Waals surface area contributed by atoms with Gasteiger partial charge < -0.3 is 5.32 Å². The number of benzene rings is 3. The summed E-state index contributed by atoms with van der Waals surface area (Å²) in [5.74, 6) is -2.30. The van der Waals surface area contributed by atoms with Gasteiger partial charge in [0, 0.05) is 11.6 Å². The number of nitrogens with zero attached hydrogens (tertiary/aromatic N) is 1. The average molecular weight is 428 g/mol. The third kappa shape index (κ3) is 4.55. The van der Waals surface area contributed by atoms with E-state index in [9.17, 15) is 22.0 Å². The monoisotopic (exact) mass is 428 g/mol. The lowest BCUT2D eigenvalue weighted by molar-refractivity contribution is 0.102. The molecular formula is C22H18F2N2O3S. The molecule has 3 aromatic carbocycles. The van der Waals surface area contributed by atoms with Crippen LogP contribution in [0.4, 0.5) is 20.2 Å². The van der Waals surface area contributed by atoms with Crippen LogP contribution in [0.3, 0.4) is 0 Å². The van der Waals surface area contributed by atoms with Gasteiger partial charge in [0.1, 0.15) is 11.6 Å². The fourth-order valence-electron chi connectivity index (χ4n) is 2.77. The Balaban J connectivity index is 1.94. The molecule has 1 amide bonds. The van der Waals surface area contributed by atoms with Gasteiger partial charge >= 0.3 is 0 Å². The van der Waals surface area contributed by atoms with Gasteiger partial charge in [-0.25, -0.2) is 17.2 Å². The molecule has 1 N–H and O–H groups in total. The molecule has 0 spiro atoms. The molecule has 0 unspecified atom stereocenters. The Hall–Kier alpha value is -3.52. The second-order valence-electron chi connectivity index (χ2n) is 6.27. The molecule has 3 aromatic rings. The first kappa shape index (κ1) is 21.2. The molecule has 0 saturated carbocycles. The minimum atomic E-state index is -4.01. The predicted molar refractivity (Wildman–Crippen MR) is 112 cm³/mol. The average Bonchev–Trinajstić information content (AvgIpc) is 2.75. The highest BCUT2D eigenvalue weighted by atomic mass is 32.2. The zero-order valence-electron chi connectivity index (χ0n) is 15.8. The van der Waals surface area contributed by atoms with Crippen molar-refractivity contribution in [1.82, 2.24) is 0 Å². The Morgan fingerprint density at radius 3 is 2.43 bits per heavy atom. The lowest BCUT2D eigenvalue weighted by Crippen LogP contribution is -2.31. The molecule has 3 rings (SSSR count). The van der Waals surface area contributed by atoms with E-state index in [0.717, 1.165) is 22.5 Å². The van der Waals surface area contributed by atoms with Crippen LogP contribution in [0.15, 0.2) is 90.3 Å². The lowest BCUT2D eigenvalue weighted by Gasteiger charge is -2.23. The van der Waals surface area contributed by atoms with Gasteiger partial charge in [0.2, 0.25) is 0 Å². The van der Waals surface area contributed by atoms with Crippen molar-refractivity contribution >= 4 is 27.3 Å². The number of anilines is 2. The third-order valence-electron chi connectivity index (χ3n) is 4.20. The van der Waals surface area contributed by atoms with Crippen LogP contribution in [0.25, 0.3) is 0 Å². The minimum Gasteiger partial charge on any atom is -0.319 e. The van der Waals surface area contributed by atoms with Crippen molar-refractivity contribution in [3.05, 3.63) is 103 Å². The highest BCUT2D eigenvalue weighted by molar-refractivity contribution is 7.92. The van der Waals surface area contributed by atoms with Crippen LogP contribution in [0.1, 0.15) is 10.4 Å². The molecule has 0 aliphatic carbocycles. The fourth-order valence-corrected chi connectivity index (χ4v) is 4.25. The highest BCUT2D eigenvalue weighted by Crippen LogP contribution is 2.24. The summed E-state index contributed by atoms with van der Waals surface area (Å²) in [7, 11) is -4.01. The normalized spacial score (nSPS) is 11.0. The lowest BCUT2D eigenvalue weighted by atomic mass is 10.2. The number of para-hydroxylation sites is 1. The fraction of sp³-hybridized carbons (Fsp3) is 0.0455. The number of carbonyl (C=O) groups excluding carboxylic acids is 1. The van der Waals surface area contributed by atoms with Gasteiger partial charge in [-0.15, -0.1) is 6.58 Å². The standard InChI is InChI=1S/C22H18F2N2O3S/c1-2-13-26(18-8-4-3-5-9-18)30(28,29)19-10-6-7-16(14-19)22(27)25-21-15-17(23)11-12-20(21)24/h2-12,14-15H,1,13H2,(H,25,27). The molecule has 0 heterocycles. The molecule has 0 aliphatic rings. The number of rotatable bonds is 7. The summed E-state index contributed by atoms with van der Waals surface area (Å²) in [6.07, 6.45) is 1.45. The van der Waals surface area contributed by atoms with Crippen molar-refractivity contribution in [3.63, 3.8) is 0 Å². The SMILES string of the molecule is C=CCN(c1ccccc1)S(=O)(=O)c1cccc(C(=O)Nc2cc(F)ccc2F)c1. The topological polar surface area (TPSA) is 66.5 Å². The summed E-state index contributed by atoms with van der Waals surface area (Å²) in [6, 6.07) is 16.4. The number of halogens is 2. The first-order valence-electron chi connectivity index (χ1n) is 8.88. The molecule has 0 aromatic heterocycles. The van der Waals surface area contributed by atoms with Crippen LogP contribution in [-0.4, -0.2) is 20.9 Å². The van der Waals surface area contributed by atoms with E-state index in [2.05, 4.69) is 11.9 Å². The summed E-state index contributed by atoms with van der Waals surface area (Å²) < 4.78 is 54.7. The quantitative estimate of drug-likeness (QED) is 0.560. The molecule has 0 atom stereocenters. The first-order chi connectivity index (χ1) is 14.3. The Morgan fingerprint density at radius 2 is 1.73 bits per heavy atom. The Labute approximate surface area is 173 Å². The number of hydrogen-bond acceptors (Lipinski definition) is 3. The minimum absolute atomic E-state index is 0.0219. The molecule has 154 valence electrons. The van der Waals surface area contributed by atoms with Crippen LogP contribution in [0.2, 0.25) is 0 Å². The van der Waals surface area contributed by atoms with Crippen LogP contribution in [0.5, 0.6) is 0 Å². The molecule has 0 aliphatic heterocycles. The molecule has 0 fully saturated rings. The summed E-state index contributed by atoms with van der Waals surface area (Å²) in [4.78, 5) is 12.4. The molecule has 30 heavy (non-hydrogen) atoms. The number of carbonyl (C=O) groups is 1. The first-order valence-corrected chi connectivity index (χ1v) is 10.3. The maximum atomic E-state index is 13.8. The Kier molecular flexibility index (Phi) is 6.27. The van der Waals surface area contributed by atoms with E-state index < -0.39 is 27.6 Å².